The normalized spacial score (nSPS) is 19.5. The molecule has 1 saturated heterocycles. The van der Waals surface area contributed by atoms with E-state index in [-0.39, 0.29) is 17.2 Å². The molecule has 1 aliphatic heterocycles. The number of nitro benzene ring substituents is 1. The van der Waals surface area contributed by atoms with Crippen LogP contribution in [0, 0.1) is 10.1 Å². The van der Waals surface area contributed by atoms with Gasteiger partial charge in [-0.25, -0.2) is 8.42 Å². The summed E-state index contributed by atoms with van der Waals surface area (Å²) < 4.78 is 27.6. The average molecular weight is 402 g/mol. The second kappa shape index (κ2) is 8.49. The molecular weight excluding hydrogens is 384 g/mol. The SMILES string of the molecule is CC(Sc1ccc([N+](=O)[O-])cc1)C(=O)OCC(=O)NC1CCS(=O)(=O)C1. The van der Waals surface area contributed by atoms with Crippen LogP contribution in [0.2, 0.25) is 0 Å². The Balaban J connectivity index is 1.76. The Morgan fingerprint density at radius 2 is 2.04 bits per heavy atom. The first kappa shape index (κ1) is 20.2. The molecule has 11 heteroatoms. The fourth-order valence-electron chi connectivity index (χ4n) is 2.33. The van der Waals surface area contributed by atoms with Gasteiger partial charge in [0.15, 0.2) is 16.4 Å². The van der Waals surface area contributed by atoms with Gasteiger partial charge in [0.2, 0.25) is 0 Å². The highest BCUT2D eigenvalue weighted by molar-refractivity contribution is 8.00. The van der Waals surface area contributed by atoms with Crippen LogP contribution in [0.1, 0.15) is 13.3 Å². The lowest BCUT2D eigenvalue weighted by Crippen LogP contribution is -2.38. The van der Waals surface area contributed by atoms with E-state index in [1.54, 1.807) is 6.92 Å². The fourth-order valence-corrected chi connectivity index (χ4v) is 4.87. The molecule has 0 radical (unpaired) electrons. The molecule has 0 aromatic heterocycles. The van der Waals surface area contributed by atoms with Crippen molar-refractivity contribution in [2.75, 3.05) is 18.1 Å². The summed E-state index contributed by atoms with van der Waals surface area (Å²) in [5.41, 5.74) is -0.0461. The molecule has 0 aliphatic carbocycles. The van der Waals surface area contributed by atoms with Gasteiger partial charge in [-0.05, 0) is 25.5 Å². The van der Waals surface area contributed by atoms with Crippen LogP contribution in [0.3, 0.4) is 0 Å². The molecule has 1 aromatic carbocycles. The van der Waals surface area contributed by atoms with Gasteiger partial charge in [-0.2, -0.15) is 0 Å². The number of ether oxygens (including phenoxy) is 1. The molecule has 2 atom stereocenters. The van der Waals surface area contributed by atoms with Crippen LogP contribution in [0.5, 0.6) is 0 Å². The second-order valence-electron chi connectivity index (χ2n) is 5.79. The lowest BCUT2D eigenvalue weighted by Gasteiger charge is -2.13. The monoisotopic (exact) mass is 402 g/mol. The number of thioether (sulfide) groups is 1. The molecule has 1 N–H and O–H groups in total. The molecule has 1 aliphatic rings. The van der Waals surface area contributed by atoms with Crippen molar-refractivity contribution in [3.05, 3.63) is 34.4 Å². The minimum absolute atomic E-state index is 0.0423. The quantitative estimate of drug-likeness (QED) is 0.308. The number of rotatable bonds is 7. The number of nitro groups is 1. The van der Waals surface area contributed by atoms with Crippen LogP contribution >= 0.6 is 11.8 Å². The van der Waals surface area contributed by atoms with E-state index in [1.807, 2.05) is 0 Å². The smallest absolute Gasteiger partial charge is 0.319 e. The van der Waals surface area contributed by atoms with Crippen molar-refractivity contribution >= 4 is 39.2 Å². The second-order valence-corrected chi connectivity index (χ2v) is 9.43. The number of benzene rings is 1. The number of carbonyl (C=O) groups is 2. The summed E-state index contributed by atoms with van der Waals surface area (Å²) in [6, 6.07) is 5.28. The summed E-state index contributed by atoms with van der Waals surface area (Å²) in [7, 11) is -3.10. The number of amides is 1. The Morgan fingerprint density at radius 3 is 2.58 bits per heavy atom. The molecule has 9 nitrogen and oxygen atoms in total. The van der Waals surface area contributed by atoms with Gasteiger partial charge in [0.05, 0.1) is 16.4 Å². The Morgan fingerprint density at radius 1 is 1.38 bits per heavy atom. The van der Waals surface area contributed by atoms with Crippen molar-refractivity contribution in [3.63, 3.8) is 0 Å². The number of carbonyl (C=O) groups excluding carboxylic acids is 2. The van der Waals surface area contributed by atoms with Gasteiger partial charge >= 0.3 is 5.97 Å². The standard InChI is InChI=1S/C15H18N2O7S2/c1-10(25-13-4-2-12(3-5-13)17(20)21)15(19)24-8-14(18)16-11-6-7-26(22,23)9-11/h2-5,10-11H,6-9H2,1H3,(H,16,18). The van der Waals surface area contributed by atoms with Gasteiger partial charge in [0.25, 0.3) is 11.6 Å². The number of nitrogens with one attached hydrogen (secondary N) is 1. The summed E-state index contributed by atoms with van der Waals surface area (Å²) in [5.74, 6) is -1.21. The van der Waals surface area contributed by atoms with Gasteiger partial charge in [-0.1, -0.05) is 0 Å². The summed E-state index contributed by atoms with van der Waals surface area (Å²) in [4.78, 5) is 34.4. The van der Waals surface area contributed by atoms with E-state index in [1.165, 1.54) is 24.3 Å². The largest absolute Gasteiger partial charge is 0.455 e. The number of nitrogens with zero attached hydrogens (tertiary/aromatic N) is 1. The van der Waals surface area contributed by atoms with Crippen molar-refractivity contribution in [2.24, 2.45) is 0 Å². The van der Waals surface area contributed by atoms with Gasteiger partial charge in [0, 0.05) is 23.1 Å². The molecule has 2 unspecified atom stereocenters. The highest BCUT2D eigenvalue weighted by atomic mass is 32.2. The third kappa shape index (κ3) is 5.99. The average Bonchev–Trinajstić information content (AvgIpc) is 2.91. The number of hydrogen-bond acceptors (Lipinski definition) is 8. The first-order valence-corrected chi connectivity index (χ1v) is 10.4. The molecule has 2 rings (SSSR count). The van der Waals surface area contributed by atoms with Gasteiger partial charge in [-0.15, -0.1) is 11.8 Å². The van der Waals surface area contributed by atoms with E-state index >= 15 is 0 Å². The Labute approximate surface area is 154 Å². The maximum Gasteiger partial charge on any atom is 0.319 e. The zero-order valence-electron chi connectivity index (χ0n) is 13.9. The maximum absolute atomic E-state index is 11.9. The highest BCUT2D eigenvalue weighted by Gasteiger charge is 2.29. The van der Waals surface area contributed by atoms with E-state index < -0.39 is 44.5 Å². The zero-order valence-corrected chi connectivity index (χ0v) is 15.5. The van der Waals surface area contributed by atoms with Gasteiger partial charge in [-0.3, -0.25) is 19.7 Å². The number of sulfone groups is 1. The van der Waals surface area contributed by atoms with E-state index in [9.17, 15) is 28.1 Å². The topological polar surface area (TPSA) is 133 Å². The van der Waals surface area contributed by atoms with Crippen molar-refractivity contribution in [2.45, 2.75) is 29.5 Å². The van der Waals surface area contributed by atoms with E-state index in [0.29, 0.717) is 11.3 Å². The van der Waals surface area contributed by atoms with Gasteiger partial charge < -0.3 is 10.1 Å². The summed E-state index contributed by atoms with van der Waals surface area (Å²) in [5, 5.41) is 12.5. The molecular formula is C15H18N2O7S2. The molecule has 0 spiro atoms. The van der Waals surface area contributed by atoms with Crippen LogP contribution in [-0.2, 0) is 24.2 Å². The molecule has 0 bridgehead atoms. The maximum atomic E-state index is 11.9. The number of hydrogen-bond donors (Lipinski definition) is 1. The Bertz CT molecular complexity index is 793. The lowest BCUT2D eigenvalue weighted by atomic mass is 10.2. The molecule has 1 fully saturated rings. The summed E-state index contributed by atoms with van der Waals surface area (Å²) in [6.45, 7) is 1.11. The molecule has 1 aromatic rings. The molecule has 26 heavy (non-hydrogen) atoms. The zero-order chi connectivity index (χ0) is 19.3. The Hall–Kier alpha value is -2.14. The van der Waals surface area contributed by atoms with E-state index in [2.05, 4.69) is 5.32 Å². The minimum Gasteiger partial charge on any atom is -0.455 e. The van der Waals surface area contributed by atoms with Crippen molar-refractivity contribution in [1.82, 2.24) is 5.32 Å². The van der Waals surface area contributed by atoms with Crippen LogP contribution < -0.4 is 5.32 Å². The lowest BCUT2D eigenvalue weighted by molar-refractivity contribution is -0.384. The fraction of sp³-hybridized carbons (Fsp3) is 0.467. The van der Waals surface area contributed by atoms with Crippen LogP contribution in [0.25, 0.3) is 0 Å². The molecule has 1 amide bonds. The van der Waals surface area contributed by atoms with E-state index in [4.69, 9.17) is 4.74 Å². The minimum atomic E-state index is -3.10. The number of esters is 1. The van der Waals surface area contributed by atoms with E-state index in [0.717, 1.165) is 11.8 Å². The summed E-state index contributed by atoms with van der Waals surface area (Å²) in [6.07, 6.45) is 0.356. The predicted octanol–water partition coefficient (Wildman–Crippen LogP) is 0.922. The van der Waals surface area contributed by atoms with Crippen molar-refractivity contribution in [1.29, 1.82) is 0 Å². The molecule has 0 saturated carbocycles. The van der Waals surface area contributed by atoms with Crippen molar-refractivity contribution < 1.29 is 27.7 Å². The van der Waals surface area contributed by atoms with Crippen LogP contribution in [-0.4, -0.2) is 54.6 Å². The molecule has 1 heterocycles. The third-order valence-corrected chi connectivity index (χ3v) is 6.49. The first-order valence-electron chi connectivity index (χ1n) is 7.74. The highest BCUT2D eigenvalue weighted by Crippen LogP contribution is 2.26. The predicted molar refractivity (Wildman–Crippen MR) is 94.6 cm³/mol. The molecule has 142 valence electrons. The third-order valence-electron chi connectivity index (χ3n) is 3.64. The first-order chi connectivity index (χ1) is 12.2. The van der Waals surface area contributed by atoms with Crippen LogP contribution in [0.15, 0.2) is 29.2 Å². The number of non-ortho nitro benzene ring substituents is 1. The van der Waals surface area contributed by atoms with Crippen LogP contribution in [0.4, 0.5) is 5.69 Å². The van der Waals surface area contributed by atoms with Gasteiger partial charge in [0.1, 0.15) is 5.25 Å². The van der Waals surface area contributed by atoms with Crippen molar-refractivity contribution in [3.8, 4) is 0 Å². The summed E-state index contributed by atoms with van der Waals surface area (Å²) >= 11 is 1.15. The Kier molecular flexibility index (Phi) is 6.59.